The molecule has 0 spiro atoms. The molecule has 100 valence electrons. The highest BCUT2D eigenvalue weighted by atomic mass is 28.3. The van der Waals surface area contributed by atoms with E-state index >= 15 is 0 Å². The maximum absolute atomic E-state index is 13.6. The van der Waals surface area contributed by atoms with Crippen LogP contribution in [-0.4, -0.2) is 25.2 Å². The summed E-state index contributed by atoms with van der Waals surface area (Å²) in [7, 11) is -1.86. The number of aliphatic hydroxyl groups excluding tert-OH is 1. The van der Waals surface area contributed by atoms with Crippen molar-refractivity contribution in [2.45, 2.75) is 64.8 Å². The SMILES string of the molecule is CC[Si](C#CC(F)(F)C(O)C(C)C)(CC)CC. The van der Waals surface area contributed by atoms with Crippen LogP contribution in [0.2, 0.25) is 18.1 Å². The number of alkyl halides is 2. The fourth-order valence-corrected chi connectivity index (χ4v) is 4.19. The quantitative estimate of drug-likeness (QED) is 0.592. The molecule has 0 aromatic carbocycles. The van der Waals surface area contributed by atoms with E-state index < -0.39 is 26.0 Å². The summed E-state index contributed by atoms with van der Waals surface area (Å²) in [6.07, 6.45) is -1.67. The van der Waals surface area contributed by atoms with Crippen LogP contribution >= 0.6 is 0 Å². The molecule has 1 nitrogen and oxygen atoms in total. The predicted molar refractivity (Wildman–Crippen MR) is 70.8 cm³/mol. The molecule has 0 bridgehead atoms. The molecular formula is C13H24F2OSi. The Hall–Kier alpha value is -0.403. The molecule has 0 aliphatic rings. The monoisotopic (exact) mass is 262 g/mol. The number of aliphatic hydroxyl groups is 1. The van der Waals surface area contributed by atoms with Crippen molar-refractivity contribution >= 4 is 8.07 Å². The summed E-state index contributed by atoms with van der Waals surface area (Å²) >= 11 is 0. The lowest BCUT2D eigenvalue weighted by Crippen LogP contribution is -2.37. The van der Waals surface area contributed by atoms with Crippen molar-refractivity contribution in [2.24, 2.45) is 5.92 Å². The Kier molecular flexibility index (Phi) is 6.35. The number of halogens is 2. The van der Waals surface area contributed by atoms with Crippen LogP contribution in [0.1, 0.15) is 34.6 Å². The highest BCUT2D eigenvalue weighted by molar-refractivity contribution is 6.87. The molecule has 1 atom stereocenters. The molecule has 0 saturated heterocycles. The fraction of sp³-hybridized carbons (Fsp3) is 0.846. The van der Waals surface area contributed by atoms with E-state index in [9.17, 15) is 13.9 Å². The summed E-state index contributed by atoms with van der Waals surface area (Å²) in [6.45, 7) is 9.20. The molecule has 0 aromatic heterocycles. The Morgan fingerprint density at radius 3 is 1.82 bits per heavy atom. The van der Waals surface area contributed by atoms with Gasteiger partial charge in [0.25, 0.3) is 0 Å². The van der Waals surface area contributed by atoms with Crippen molar-refractivity contribution in [1.29, 1.82) is 0 Å². The summed E-state index contributed by atoms with van der Waals surface area (Å²) in [5.74, 6) is -1.71. The van der Waals surface area contributed by atoms with E-state index in [2.05, 4.69) is 11.5 Å². The van der Waals surface area contributed by atoms with Crippen LogP contribution in [0.15, 0.2) is 0 Å². The van der Waals surface area contributed by atoms with Gasteiger partial charge in [0, 0.05) is 0 Å². The average molecular weight is 262 g/mol. The van der Waals surface area contributed by atoms with Crippen LogP contribution in [0.25, 0.3) is 0 Å². The minimum Gasteiger partial charge on any atom is -0.385 e. The average Bonchev–Trinajstić information content (AvgIpc) is 2.30. The third-order valence-electron chi connectivity index (χ3n) is 3.53. The number of hydrogen-bond donors (Lipinski definition) is 1. The van der Waals surface area contributed by atoms with Crippen molar-refractivity contribution in [3.8, 4) is 11.5 Å². The van der Waals surface area contributed by atoms with E-state index in [0.717, 1.165) is 18.1 Å². The minimum atomic E-state index is -3.29. The van der Waals surface area contributed by atoms with E-state index in [1.54, 1.807) is 13.8 Å². The second kappa shape index (κ2) is 6.51. The molecule has 0 amide bonds. The van der Waals surface area contributed by atoms with Gasteiger partial charge in [0.1, 0.15) is 14.2 Å². The second-order valence-corrected chi connectivity index (χ2v) is 9.83. The van der Waals surface area contributed by atoms with Gasteiger partial charge in [-0.25, -0.2) is 0 Å². The topological polar surface area (TPSA) is 20.2 Å². The van der Waals surface area contributed by atoms with Crippen LogP contribution in [-0.2, 0) is 0 Å². The molecule has 0 rings (SSSR count). The largest absolute Gasteiger partial charge is 0.385 e. The zero-order valence-corrected chi connectivity index (χ0v) is 12.5. The molecule has 17 heavy (non-hydrogen) atoms. The van der Waals surface area contributed by atoms with Gasteiger partial charge in [-0.3, -0.25) is 0 Å². The van der Waals surface area contributed by atoms with Gasteiger partial charge in [-0.2, -0.15) is 8.78 Å². The molecule has 0 aliphatic heterocycles. The van der Waals surface area contributed by atoms with Crippen LogP contribution in [0.4, 0.5) is 8.78 Å². The minimum absolute atomic E-state index is 0.486. The molecule has 0 radical (unpaired) electrons. The first-order chi connectivity index (χ1) is 7.74. The molecule has 4 heteroatoms. The predicted octanol–water partition coefficient (Wildman–Crippen LogP) is 3.69. The van der Waals surface area contributed by atoms with Gasteiger partial charge < -0.3 is 5.11 Å². The van der Waals surface area contributed by atoms with E-state index in [1.165, 1.54) is 0 Å². The lowest BCUT2D eigenvalue weighted by molar-refractivity contribution is -0.0824. The Bertz CT molecular complexity index is 279. The van der Waals surface area contributed by atoms with E-state index in [-0.39, 0.29) is 0 Å². The van der Waals surface area contributed by atoms with Crippen LogP contribution in [0.5, 0.6) is 0 Å². The maximum Gasteiger partial charge on any atom is 0.333 e. The number of rotatable bonds is 5. The van der Waals surface area contributed by atoms with Crippen LogP contribution in [0, 0.1) is 17.4 Å². The van der Waals surface area contributed by atoms with Gasteiger partial charge in [0.2, 0.25) is 0 Å². The lowest BCUT2D eigenvalue weighted by atomic mass is 10.0. The Morgan fingerprint density at radius 1 is 1.12 bits per heavy atom. The smallest absolute Gasteiger partial charge is 0.333 e. The van der Waals surface area contributed by atoms with Gasteiger partial charge >= 0.3 is 5.92 Å². The zero-order chi connectivity index (χ0) is 13.7. The Balaban J connectivity index is 5.04. The van der Waals surface area contributed by atoms with Crippen LogP contribution < -0.4 is 0 Å². The van der Waals surface area contributed by atoms with E-state index in [4.69, 9.17) is 0 Å². The van der Waals surface area contributed by atoms with Crippen molar-refractivity contribution in [3.05, 3.63) is 0 Å². The maximum atomic E-state index is 13.6. The number of hydrogen-bond acceptors (Lipinski definition) is 1. The van der Waals surface area contributed by atoms with Crippen molar-refractivity contribution in [2.75, 3.05) is 0 Å². The highest BCUT2D eigenvalue weighted by Gasteiger charge is 2.39. The Morgan fingerprint density at radius 2 is 1.53 bits per heavy atom. The molecular weight excluding hydrogens is 238 g/mol. The molecule has 0 aliphatic carbocycles. The molecule has 1 N–H and O–H groups in total. The first-order valence-corrected chi connectivity index (χ1v) is 8.97. The first kappa shape index (κ1) is 16.6. The van der Waals surface area contributed by atoms with Gasteiger partial charge in [0.05, 0.1) is 0 Å². The first-order valence-electron chi connectivity index (χ1n) is 6.34. The highest BCUT2D eigenvalue weighted by Crippen LogP contribution is 2.25. The second-order valence-electron chi connectivity index (χ2n) is 4.90. The lowest BCUT2D eigenvalue weighted by Gasteiger charge is -2.23. The summed E-state index contributed by atoms with van der Waals surface area (Å²) in [4.78, 5) is 0. The Labute approximate surface area is 105 Å². The summed E-state index contributed by atoms with van der Waals surface area (Å²) in [5, 5.41) is 9.43. The summed E-state index contributed by atoms with van der Waals surface area (Å²) in [5.41, 5.74) is 2.84. The molecule has 0 saturated carbocycles. The van der Waals surface area contributed by atoms with Crippen molar-refractivity contribution in [3.63, 3.8) is 0 Å². The van der Waals surface area contributed by atoms with E-state index in [0.29, 0.717) is 0 Å². The zero-order valence-electron chi connectivity index (χ0n) is 11.5. The van der Waals surface area contributed by atoms with Crippen molar-refractivity contribution < 1.29 is 13.9 Å². The van der Waals surface area contributed by atoms with Gasteiger partial charge in [-0.05, 0) is 30.0 Å². The summed E-state index contributed by atoms with van der Waals surface area (Å²) in [6, 6.07) is 2.67. The normalized spacial score (nSPS) is 14.4. The van der Waals surface area contributed by atoms with Gasteiger partial charge in [-0.1, -0.05) is 34.6 Å². The van der Waals surface area contributed by atoms with Gasteiger partial charge in [-0.15, -0.1) is 5.54 Å². The molecule has 1 unspecified atom stereocenters. The summed E-state index contributed by atoms with van der Waals surface area (Å²) < 4.78 is 27.2. The molecule has 0 aromatic rings. The van der Waals surface area contributed by atoms with E-state index in [1.807, 2.05) is 20.8 Å². The third kappa shape index (κ3) is 4.40. The standard InChI is InChI=1S/C13H24F2OSi/c1-6-17(7-2,8-3)10-9-13(14,15)12(16)11(4)5/h11-12,16H,6-8H2,1-5H3. The molecule has 0 fully saturated rings. The third-order valence-corrected chi connectivity index (χ3v) is 8.24. The van der Waals surface area contributed by atoms with Crippen LogP contribution in [0.3, 0.4) is 0 Å². The molecule has 0 heterocycles. The fourth-order valence-electron chi connectivity index (χ4n) is 1.72. The van der Waals surface area contributed by atoms with Crippen molar-refractivity contribution in [1.82, 2.24) is 0 Å². The van der Waals surface area contributed by atoms with Gasteiger partial charge in [0.15, 0.2) is 0 Å².